The van der Waals surface area contributed by atoms with Crippen molar-refractivity contribution >= 4 is 60.2 Å². The van der Waals surface area contributed by atoms with E-state index in [1.54, 1.807) is 0 Å². The van der Waals surface area contributed by atoms with Crippen LogP contribution in [0.5, 0.6) is 0 Å². The summed E-state index contributed by atoms with van der Waals surface area (Å²) in [4.78, 5) is 2.37. The maximum absolute atomic E-state index is 2.37. The summed E-state index contributed by atoms with van der Waals surface area (Å²) in [5.41, 5.74) is 15.4. The van der Waals surface area contributed by atoms with Crippen LogP contribution in [0.4, 0.5) is 17.1 Å². The second-order valence-corrected chi connectivity index (χ2v) is 17.6. The first-order valence-corrected chi connectivity index (χ1v) is 22.9. The van der Waals surface area contributed by atoms with Gasteiger partial charge < -0.3 is 4.90 Å². The molecule has 1 aliphatic carbocycles. The molecule has 0 N–H and O–H groups in total. The zero-order valence-electron chi connectivity index (χ0n) is 36.3. The Hall–Kier alpha value is -8.52. The summed E-state index contributed by atoms with van der Waals surface area (Å²) in [5.74, 6) is 0. The molecule has 66 heavy (non-hydrogen) atoms. The van der Waals surface area contributed by atoms with E-state index >= 15 is 0 Å². The molecule has 1 nitrogen and oxygen atoms in total. The fourth-order valence-corrected chi connectivity index (χ4v) is 11.1. The molecule has 12 aromatic rings. The normalized spacial score (nSPS) is 12.7. The lowest BCUT2D eigenvalue weighted by atomic mass is 9.67. The largest absolute Gasteiger partial charge is 0.311 e. The van der Waals surface area contributed by atoms with E-state index in [0.29, 0.717) is 0 Å². The van der Waals surface area contributed by atoms with Gasteiger partial charge in [-0.15, -0.1) is 0 Å². The minimum Gasteiger partial charge on any atom is -0.311 e. The van der Waals surface area contributed by atoms with E-state index in [9.17, 15) is 0 Å². The lowest BCUT2D eigenvalue weighted by Crippen LogP contribution is -2.28. The van der Waals surface area contributed by atoms with Crippen molar-refractivity contribution in [2.24, 2.45) is 0 Å². The molecule has 0 saturated carbocycles. The standard InChI is InChI=1S/C65H43N/c1-2-18-52(19-3-1)65(61-24-10-16-50-26-27-51-17-11-25-62(65)64(51)63(50)61)53-36-28-44(29-37-53)45-30-38-54(39-31-45)66(55-40-32-48(33-41-55)59-22-8-14-46-12-4-6-20-57(46)59)56-42-34-49(35-43-56)60-23-9-15-47-13-5-7-21-58(47)60/h1-43H. The molecule has 0 radical (unpaired) electrons. The third-order valence-corrected chi connectivity index (χ3v) is 14.1. The van der Waals surface area contributed by atoms with Gasteiger partial charge in [0.05, 0.1) is 5.41 Å². The van der Waals surface area contributed by atoms with Crippen LogP contribution in [-0.4, -0.2) is 0 Å². The molecule has 12 aromatic carbocycles. The highest BCUT2D eigenvalue weighted by atomic mass is 15.1. The van der Waals surface area contributed by atoms with Gasteiger partial charge in [-0.25, -0.2) is 0 Å². The molecule has 0 aliphatic heterocycles. The average Bonchev–Trinajstić information content (AvgIpc) is 3.71. The first-order chi connectivity index (χ1) is 32.7. The van der Waals surface area contributed by atoms with Crippen molar-refractivity contribution in [3.05, 3.63) is 283 Å². The lowest BCUT2D eigenvalue weighted by Gasteiger charge is -2.34. The van der Waals surface area contributed by atoms with Gasteiger partial charge in [0.15, 0.2) is 0 Å². The van der Waals surface area contributed by atoms with E-state index in [1.165, 1.54) is 98.7 Å². The lowest BCUT2D eigenvalue weighted by molar-refractivity contribution is 0.771. The van der Waals surface area contributed by atoms with E-state index in [2.05, 4.69) is 266 Å². The van der Waals surface area contributed by atoms with E-state index in [-0.39, 0.29) is 0 Å². The number of rotatable bonds is 8. The molecule has 0 spiro atoms. The van der Waals surface area contributed by atoms with Crippen molar-refractivity contribution in [1.29, 1.82) is 0 Å². The first-order valence-electron chi connectivity index (χ1n) is 22.9. The maximum Gasteiger partial charge on any atom is 0.0714 e. The van der Waals surface area contributed by atoms with E-state index in [4.69, 9.17) is 0 Å². The van der Waals surface area contributed by atoms with Crippen molar-refractivity contribution in [2.45, 2.75) is 5.41 Å². The summed E-state index contributed by atoms with van der Waals surface area (Å²) >= 11 is 0. The number of benzene rings is 12. The van der Waals surface area contributed by atoms with E-state index < -0.39 is 5.41 Å². The minimum atomic E-state index is -0.431. The predicted molar refractivity (Wildman–Crippen MR) is 279 cm³/mol. The van der Waals surface area contributed by atoms with Gasteiger partial charge in [0, 0.05) is 17.1 Å². The molecule has 0 unspecified atom stereocenters. The fourth-order valence-electron chi connectivity index (χ4n) is 11.1. The highest BCUT2D eigenvalue weighted by molar-refractivity contribution is 6.16. The summed E-state index contributed by atoms with van der Waals surface area (Å²) < 4.78 is 0. The number of nitrogens with zero attached hydrogens (tertiary/aromatic N) is 1. The fraction of sp³-hybridized carbons (Fsp3) is 0.0154. The SMILES string of the molecule is c1ccc(C2(c3ccc(-c4ccc(N(c5ccc(-c6cccc7ccccc67)cc5)c5ccc(-c6cccc7ccccc67)cc5)cc4)cc3)c3cccc4ccc5cccc2c5c34)cc1. The van der Waals surface area contributed by atoms with Crippen molar-refractivity contribution in [1.82, 2.24) is 0 Å². The first kappa shape index (κ1) is 38.0. The molecule has 13 rings (SSSR count). The van der Waals surface area contributed by atoms with Crippen LogP contribution in [0.15, 0.2) is 261 Å². The zero-order valence-corrected chi connectivity index (χ0v) is 36.3. The monoisotopic (exact) mass is 837 g/mol. The molecule has 0 bridgehead atoms. The van der Waals surface area contributed by atoms with Crippen molar-refractivity contribution in [3.8, 4) is 33.4 Å². The van der Waals surface area contributed by atoms with Gasteiger partial charge in [0.2, 0.25) is 0 Å². The number of anilines is 3. The average molecular weight is 838 g/mol. The zero-order chi connectivity index (χ0) is 43.6. The molecule has 0 heterocycles. The van der Waals surface area contributed by atoms with E-state index in [0.717, 1.165) is 17.1 Å². The van der Waals surface area contributed by atoms with Crippen LogP contribution < -0.4 is 4.90 Å². The predicted octanol–water partition coefficient (Wildman–Crippen LogP) is 17.5. The van der Waals surface area contributed by atoms with Gasteiger partial charge in [-0.05, 0) is 135 Å². The highest BCUT2D eigenvalue weighted by Crippen LogP contribution is 2.56. The van der Waals surface area contributed by atoms with Gasteiger partial charge in [-0.3, -0.25) is 0 Å². The van der Waals surface area contributed by atoms with E-state index in [1.807, 2.05) is 0 Å². The Labute approximate surface area is 385 Å². The van der Waals surface area contributed by atoms with Crippen molar-refractivity contribution in [2.75, 3.05) is 4.90 Å². The molecule has 0 aromatic heterocycles. The summed E-state index contributed by atoms with van der Waals surface area (Å²) in [6.45, 7) is 0. The van der Waals surface area contributed by atoms with Crippen LogP contribution in [0.1, 0.15) is 22.3 Å². The molecular weight excluding hydrogens is 795 g/mol. The van der Waals surface area contributed by atoms with Crippen LogP contribution in [0.3, 0.4) is 0 Å². The van der Waals surface area contributed by atoms with Gasteiger partial charge in [0.1, 0.15) is 0 Å². The van der Waals surface area contributed by atoms with Crippen molar-refractivity contribution < 1.29 is 0 Å². The smallest absolute Gasteiger partial charge is 0.0714 e. The molecule has 1 heteroatoms. The van der Waals surface area contributed by atoms with Gasteiger partial charge in [0.25, 0.3) is 0 Å². The molecule has 0 amide bonds. The summed E-state index contributed by atoms with van der Waals surface area (Å²) in [6.07, 6.45) is 0. The summed E-state index contributed by atoms with van der Waals surface area (Å²) in [7, 11) is 0. The third-order valence-electron chi connectivity index (χ3n) is 14.1. The quantitative estimate of drug-likeness (QED) is 0.138. The second kappa shape index (κ2) is 15.3. The second-order valence-electron chi connectivity index (χ2n) is 17.6. The van der Waals surface area contributed by atoms with Crippen LogP contribution in [-0.2, 0) is 5.41 Å². The summed E-state index contributed by atoms with van der Waals surface area (Å²) in [6, 6.07) is 96.2. The number of fused-ring (bicyclic) bond motifs is 2. The Morgan fingerprint density at radius 2 is 0.606 bits per heavy atom. The molecule has 1 aliphatic rings. The number of hydrogen-bond acceptors (Lipinski definition) is 1. The Bertz CT molecular complexity index is 3580. The number of hydrogen-bond donors (Lipinski definition) is 0. The molecule has 0 fully saturated rings. The van der Waals surface area contributed by atoms with Crippen molar-refractivity contribution in [3.63, 3.8) is 0 Å². The minimum absolute atomic E-state index is 0.431. The Balaban J connectivity index is 0.884. The molecule has 308 valence electrons. The topological polar surface area (TPSA) is 3.24 Å². The molecule has 0 saturated heterocycles. The Kier molecular flexibility index (Phi) is 8.82. The highest BCUT2D eigenvalue weighted by Gasteiger charge is 2.44. The van der Waals surface area contributed by atoms with Gasteiger partial charge in [-0.2, -0.15) is 0 Å². The van der Waals surface area contributed by atoms with Crippen LogP contribution >= 0.6 is 0 Å². The molecular formula is C65H43N. The Morgan fingerprint density at radius 3 is 1.09 bits per heavy atom. The van der Waals surface area contributed by atoms with Gasteiger partial charge in [-0.1, -0.05) is 224 Å². The third kappa shape index (κ3) is 5.94. The summed E-state index contributed by atoms with van der Waals surface area (Å²) in [5, 5.41) is 10.3. The van der Waals surface area contributed by atoms with Crippen LogP contribution in [0, 0.1) is 0 Å². The maximum atomic E-state index is 2.37. The van der Waals surface area contributed by atoms with Crippen LogP contribution in [0.2, 0.25) is 0 Å². The van der Waals surface area contributed by atoms with Gasteiger partial charge >= 0.3 is 0 Å². The Morgan fingerprint density at radius 1 is 0.242 bits per heavy atom. The molecule has 0 atom stereocenters. The van der Waals surface area contributed by atoms with Crippen LogP contribution in [0.25, 0.3) is 76.5 Å².